The highest BCUT2D eigenvalue weighted by Gasteiger charge is 2.42. The van der Waals surface area contributed by atoms with Gasteiger partial charge < -0.3 is 9.90 Å². The van der Waals surface area contributed by atoms with Crippen LogP contribution in [0.2, 0.25) is 18.1 Å². The van der Waals surface area contributed by atoms with Crippen molar-refractivity contribution in [1.82, 2.24) is 0 Å². The van der Waals surface area contributed by atoms with Crippen molar-refractivity contribution in [2.45, 2.75) is 76.4 Å². The molecule has 2 aliphatic rings. The molecule has 0 spiro atoms. The quantitative estimate of drug-likeness (QED) is 0.734. The average Bonchev–Trinajstić information content (AvgIpc) is 2.40. The van der Waals surface area contributed by atoms with E-state index in [-0.39, 0.29) is 8.80 Å². The van der Waals surface area contributed by atoms with E-state index in [1.165, 1.54) is 43.8 Å². The summed E-state index contributed by atoms with van der Waals surface area (Å²) in [5.41, 5.74) is -0.447. The Balaban J connectivity index is 1.98. The SMILES string of the molecule is CCC[Si]1CCC(C2(C(=O)[O-])CCCCC2)CC1. The summed E-state index contributed by atoms with van der Waals surface area (Å²) in [6.07, 6.45) is 8.82. The van der Waals surface area contributed by atoms with E-state index in [0.29, 0.717) is 5.92 Å². The van der Waals surface area contributed by atoms with Gasteiger partial charge in [0.05, 0.1) is 0 Å². The van der Waals surface area contributed by atoms with Gasteiger partial charge in [-0.1, -0.05) is 63.6 Å². The third-order valence-corrected chi connectivity index (χ3v) is 8.43. The second kappa shape index (κ2) is 6.22. The topological polar surface area (TPSA) is 40.1 Å². The molecule has 0 aromatic carbocycles. The maximum atomic E-state index is 11.7. The molecule has 0 aromatic heterocycles. The summed E-state index contributed by atoms with van der Waals surface area (Å²) in [6, 6.07) is 4.12. The predicted octanol–water partition coefficient (Wildman–Crippen LogP) is 3.00. The molecule has 0 amide bonds. The van der Waals surface area contributed by atoms with Crippen LogP contribution in [0.5, 0.6) is 0 Å². The minimum atomic E-state index is -0.738. The first-order chi connectivity index (χ1) is 8.69. The number of carboxylic acids is 1. The van der Waals surface area contributed by atoms with E-state index in [0.717, 1.165) is 25.7 Å². The van der Waals surface area contributed by atoms with E-state index in [1.54, 1.807) is 0 Å². The van der Waals surface area contributed by atoms with Crippen LogP contribution in [-0.2, 0) is 4.79 Å². The Labute approximate surface area is 113 Å². The first-order valence-corrected chi connectivity index (χ1v) is 9.86. The van der Waals surface area contributed by atoms with E-state index in [9.17, 15) is 9.90 Å². The number of carbonyl (C=O) groups is 1. The molecule has 3 heteroatoms. The van der Waals surface area contributed by atoms with Gasteiger partial charge in [-0.3, -0.25) is 0 Å². The van der Waals surface area contributed by atoms with E-state index in [1.807, 2.05) is 0 Å². The molecule has 1 aliphatic heterocycles. The van der Waals surface area contributed by atoms with Gasteiger partial charge in [-0.05, 0) is 18.8 Å². The normalized spacial score (nSPS) is 26.1. The van der Waals surface area contributed by atoms with Crippen molar-refractivity contribution in [2.75, 3.05) is 0 Å². The molecule has 0 aromatic rings. The Morgan fingerprint density at radius 2 is 1.83 bits per heavy atom. The first kappa shape index (κ1) is 14.1. The lowest BCUT2D eigenvalue weighted by Gasteiger charge is -2.47. The van der Waals surface area contributed by atoms with Crippen molar-refractivity contribution in [3.8, 4) is 0 Å². The molecular formula is C15H26O2Si-. The molecule has 2 rings (SSSR count). The van der Waals surface area contributed by atoms with Gasteiger partial charge in [0, 0.05) is 20.2 Å². The molecule has 0 bridgehead atoms. The van der Waals surface area contributed by atoms with Crippen molar-refractivity contribution < 1.29 is 9.90 Å². The fraction of sp³-hybridized carbons (Fsp3) is 0.933. The number of hydrogen-bond acceptors (Lipinski definition) is 2. The largest absolute Gasteiger partial charge is 0.550 e. The number of aliphatic carboxylic acids is 1. The van der Waals surface area contributed by atoms with Crippen LogP contribution in [0.1, 0.15) is 58.3 Å². The lowest BCUT2D eigenvalue weighted by Crippen LogP contribution is -2.49. The summed E-state index contributed by atoms with van der Waals surface area (Å²) in [5.74, 6) is -0.313. The van der Waals surface area contributed by atoms with Gasteiger partial charge in [0.25, 0.3) is 0 Å². The lowest BCUT2D eigenvalue weighted by molar-refractivity contribution is -0.324. The maximum Gasteiger partial charge on any atom is 0.0479 e. The van der Waals surface area contributed by atoms with Gasteiger partial charge in [-0.25, -0.2) is 0 Å². The second-order valence-electron chi connectivity index (χ2n) is 6.28. The van der Waals surface area contributed by atoms with E-state index in [4.69, 9.17) is 0 Å². The van der Waals surface area contributed by atoms with Gasteiger partial charge in [-0.15, -0.1) is 0 Å². The highest BCUT2D eigenvalue weighted by molar-refractivity contribution is 6.58. The molecule has 2 nitrogen and oxygen atoms in total. The standard InChI is InChI=1S/C15H27O2Si/c1-2-10-18-11-6-13(7-12-18)15(14(16)17)8-4-3-5-9-15/h13H,2-12H2,1H3,(H,16,17)/p-1. The van der Waals surface area contributed by atoms with Crippen LogP contribution in [0.25, 0.3) is 0 Å². The third-order valence-electron chi connectivity index (χ3n) is 5.23. The Morgan fingerprint density at radius 1 is 1.22 bits per heavy atom. The van der Waals surface area contributed by atoms with Gasteiger partial charge in [-0.2, -0.15) is 0 Å². The summed E-state index contributed by atoms with van der Waals surface area (Å²) in [4.78, 5) is 11.7. The monoisotopic (exact) mass is 266 g/mol. The first-order valence-electron chi connectivity index (χ1n) is 7.74. The fourth-order valence-corrected chi connectivity index (χ4v) is 7.11. The molecule has 1 saturated heterocycles. The minimum Gasteiger partial charge on any atom is -0.550 e. The second-order valence-corrected chi connectivity index (χ2v) is 9.28. The van der Waals surface area contributed by atoms with E-state index in [2.05, 4.69) is 6.92 Å². The zero-order valence-corrected chi connectivity index (χ0v) is 12.7. The molecule has 1 aliphatic carbocycles. The van der Waals surface area contributed by atoms with Crippen LogP contribution in [0.15, 0.2) is 0 Å². The van der Waals surface area contributed by atoms with Gasteiger partial charge in [0.2, 0.25) is 0 Å². The zero-order valence-electron chi connectivity index (χ0n) is 11.7. The average molecular weight is 266 g/mol. The summed E-state index contributed by atoms with van der Waals surface area (Å²) >= 11 is 0. The minimum absolute atomic E-state index is 0.134. The summed E-state index contributed by atoms with van der Waals surface area (Å²) < 4.78 is 0. The van der Waals surface area contributed by atoms with Crippen LogP contribution in [0, 0.1) is 11.3 Å². The summed E-state index contributed by atoms with van der Waals surface area (Å²) in [5, 5.41) is 11.7. The molecule has 0 N–H and O–H groups in total. The molecule has 18 heavy (non-hydrogen) atoms. The molecule has 0 unspecified atom stereocenters. The van der Waals surface area contributed by atoms with Crippen LogP contribution in [0.3, 0.4) is 0 Å². The number of hydrogen-bond donors (Lipinski definition) is 0. The Kier molecular flexibility index (Phi) is 4.88. The Hall–Kier alpha value is -0.313. The zero-order chi connectivity index (χ0) is 13.0. The number of carboxylic acid groups (broad SMARTS) is 1. The van der Waals surface area contributed by atoms with Crippen LogP contribution >= 0.6 is 0 Å². The molecule has 1 radical (unpaired) electrons. The molecular weight excluding hydrogens is 240 g/mol. The molecule has 2 fully saturated rings. The highest BCUT2D eigenvalue weighted by atomic mass is 28.3. The van der Waals surface area contributed by atoms with Crippen LogP contribution in [-0.4, -0.2) is 14.8 Å². The fourth-order valence-electron chi connectivity index (χ4n) is 4.14. The van der Waals surface area contributed by atoms with Gasteiger partial charge >= 0.3 is 0 Å². The molecule has 103 valence electrons. The van der Waals surface area contributed by atoms with E-state index >= 15 is 0 Å². The summed E-state index contributed by atoms with van der Waals surface area (Å²) in [7, 11) is -0.134. The van der Waals surface area contributed by atoms with Crippen molar-refractivity contribution in [2.24, 2.45) is 11.3 Å². The van der Waals surface area contributed by atoms with Crippen LogP contribution in [0.4, 0.5) is 0 Å². The lowest BCUT2D eigenvalue weighted by atomic mass is 9.64. The highest BCUT2D eigenvalue weighted by Crippen LogP contribution is 2.48. The van der Waals surface area contributed by atoms with Gasteiger partial charge in [0.15, 0.2) is 0 Å². The third kappa shape index (κ3) is 2.81. The van der Waals surface area contributed by atoms with Crippen molar-refractivity contribution in [3.63, 3.8) is 0 Å². The Morgan fingerprint density at radius 3 is 2.33 bits per heavy atom. The molecule has 1 saturated carbocycles. The molecule has 1 heterocycles. The predicted molar refractivity (Wildman–Crippen MR) is 73.7 cm³/mol. The van der Waals surface area contributed by atoms with Gasteiger partial charge in [0.1, 0.15) is 0 Å². The van der Waals surface area contributed by atoms with Crippen molar-refractivity contribution >= 4 is 14.8 Å². The number of rotatable bonds is 4. The van der Waals surface area contributed by atoms with E-state index < -0.39 is 11.4 Å². The van der Waals surface area contributed by atoms with Crippen molar-refractivity contribution in [1.29, 1.82) is 0 Å². The van der Waals surface area contributed by atoms with Crippen LogP contribution < -0.4 is 5.11 Å². The molecule has 0 atom stereocenters. The number of carbonyl (C=O) groups excluding carboxylic acids is 1. The maximum absolute atomic E-state index is 11.7. The summed E-state index contributed by atoms with van der Waals surface area (Å²) in [6.45, 7) is 2.27. The Bertz CT molecular complexity index is 276. The smallest absolute Gasteiger partial charge is 0.0479 e. The van der Waals surface area contributed by atoms with Crippen molar-refractivity contribution in [3.05, 3.63) is 0 Å².